The highest BCUT2D eigenvalue weighted by Gasteiger charge is 2.59. The van der Waals surface area contributed by atoms with Crippen LogP contribution in [0, 0.1) is 5.92 Å². The highest BCUT2D eigenvalue weighted by molar-refractivity contribution is 5.27. The van der Waals surface area contributed by atoms with Crippen LogP contribution in [0.5, 0.6) is 0 Å². The third-order valence-corrected chi connectivity index (χ3v) is 2.81. The van der Waals surface area contributed by atoms with Crippen molar-refractivity contribution in [1.82, 2.24) is 0 Å². The van der Waals surface area contributed by atoms with Crippen molar-refractivity contribution < 1.29 is 26.3 Å². The summed E-state index contributed by atoms with van der Waals surface area (Å²) in [4.78, 5) is 0. The molecular weight excluding hydrogens is 272 g/mol. The molecule has 2 N–H and O–H groups in total. The van der Waals surface area contributed by atoms with Gasteiger partial charge >= 0.3 is 12.4 Å². The van der Waals surface area contributed by atoms with Gasteiger partial charge in [0.25, 0.3) is 0 Å². The fourth-order valence-electron chi connectivity index (χ4n) is 1.81. The Bertz CT molecular complexity index is 409. The molecule has 0 saturated carbocycles. The van der Waals surface area contributed by atoms with Crippen molar-refractivity contribution in [3.63, 3.8) is 0 Å². The quantitative estimate of drug-likeness (QED) is 0.835. The van der Waals surface area contributed by atoms with Crippen molar-refractivity contribution in [2.45, 2.75) is 31.7 Å². The Morgan fingerprint density at radius 2 is 1.58 bits per heavy atom. The van der Waals surface area contributed by atoms with Crippen molar-refractivity contribution in [2.75, 3.05) is 0 Å². The van der Waals surface area contributed by atoms with E-state index in [4.69, 9.17) is 5.73 Å². The number of hydrogen-bond donors (Lipinski definition) is 1. The zero-order chi connectivity index (χ0) is 14.8. The Labute approximate surface area is 106 Å². The lowest BCUT2D eigenvalue weighted by atomic mass is 9.91. The predicted octanol–water partition coefficient (Wildman–Crippen LogP) is 3.99. The summed E-state index contributed by atoms with van der Waals surface area (Å²) in [6, 6.07) is 3.31. The predicted molar refractivity (Wildman–Crippen MR) is 58.3 cm³/mol. The van der Waals surface area contributed by atoms with Crippen LogP contribution in [0.4, 0.5) is 26.3 Å². The first-order valence-electron chi connectivity index (χ1n) is 5.55. The Morgan fingerprint density at radius 3 is 2.00 bits per heavy atom. The van der Waals surface area contributed by atoms with Crippen LogP contribution < -0.4 is 5.73 Å². The van der Waals surface area contributed by atoms with Gasteiger partial charge in [-0.2, -0.15) is 26.3 Å². The van der Waals surface area contributed by atoms with Crippen LogP contribution in [0.3, 0.4) is 0 Å². The van der Waals surface area contributed by atoms with Crippen molar-refractivity contribution in [3.8, 4) is 0 Å². The number of aryl methyl sites for hydroxylation is 1. The van der Waals surface area contributed by atoms with E-state index >= 15 is 0 Å². The maximum absolute atomic E-state index is 12.5. The van der Waals surface area contributed by atoms with Gasteiger partial charge in [0.15, 0.2) is 5.92 Å². The summed E-state index contributed by atoms with van der Waals surface area (Å²) in [6.07, 6.45) is -10.4. The van der Waals surface area contributed by atoms with E-state index in [1.165, 1.54) is 18.2 Å². The summed E-state index contributed by atoms with van der Waals surface area (Å²) in [5.41, 5.74) is 5.66. The van der Waals surface area contributed by atoms with Crippen LogP contribution in [0.25, 0.3) is 0 Å². The second kappa shape index (κ2) is 5.40. The number of nitrogens with two attached hydrogens (primary N) is 1. The molecule has 108 valence electrons. The molecule has 0 heterocycles. The molecule has 1 aromatic carbocycles. The van der Waals surface area contributed by atoms with E-state index in [1.807, 2.05) is 0 Å². The molecule has 19 heavy (non-hydrogen) atoms. The zero-order valence-corrected chi connectivity index (χ0v) is 10.0. The van der Waals surface area contributed by atoms with Crippen LogP contribution in [0.1, 0.15) is 24.1 Å². The van der Waals surface area contributed by atoms with E-state index in [0.29, 0.717) is 12.0 Å². The van der Waals surface area contributed by atoms with E-state index < -0.39 is 24.3 Å². The zero-order valence-electron chi connectivity index (χ0n) is 10.0. The molecule has 1 atom stereocenters. The second-order valence-electron chi connectivity index (χ2n) is 4.19. The smallest absolute Gasteiger partial charge is 0.323 e. The average molecular weight is 285 g/mol. The van der Waals surface area contributed by atoms with Gasteiger partial charge in [0.1, 0.15) is 0 Å². The van der Waals surface area contributed by atoms with Gasteiger partial charge in [0.05, 0.1) is 6.04 Å². The highest BCUT2D eigenvalue weighted by atomic mass is 19.4. The molecule has 0 amide bonds. The minimum absolute atomic E-state index is 0.168. The molecule has 0 aliphatic rings. The molecule has 0 aliphatic heterocycles. The molecule has 1 unspecified atom stereocenters. The third-order valence-electron chi connectivity index (χ3n) is 2.81. The fourth-order valence-corrected chi connectivity index (χ4v) is 1.81. The van der Waals surface area contributed by atoms with Crippen LogP contribution in [-0.2, 0) is 6.42 Å². The lowest BCUT2D eigenvalue weighted by Crippen LogP contribution is -2.44. The maximum Gasteiger partial charge on any atom is 0.402 e. The summed E-state index contributed by atoms with van der Waals surface area (Å²) < 4.78 is 75.2. The lowest BCUT2D eigenvalue weighted by Gasteiger charge is -2.28. The van der Waals surface area contributed by atoms with E-state index in [-0.39, 0.29) is 5.56 Å². The SMILES string of the molecule is CCc1cccc(C(N)C(C(F)(F)F)C(F)(F)F)c1. The lowest BCUT2D eigenvalue weighted by molar-refractivity contribution is -0.290. The molecule has 7 heteroatoms. The van der Waals surface area contributed by atoms with Gasteiger partial charge in [0.2, 0.25) is 0 Å². The Kier molecular flexibility index (Phi) is 4.50. The van der Waals surface area contributed by atoms with Crippen molar-refractivity contribution in [1.29, 1.82) is 0 Å². The molecule has 0 aromatic heterocycles. The minimum atomic E-state index is -5.43. The van der Waals surface area contributed by atoms with Gasteiger partial charge in [0, 0.05) is 0 Å². The van der Waals surface area contributed by atoms with E-state index in [0.717, 1.165) is 0 Å². The van der Waals surface area contributed by atoms with Gasteiger partial charge in [-0.05, 0) is 17.5 Å². The van der Waals surface area contributed by atoms with Gasteiger partial charge < -0.3 is 5.73 Å². The van der Waals surface area contributed by atoms with Gasteiger partial charge in [-0.15, -0.1) is 0 Å². The molecule has 1 aromatic rings. The van der Waals surface area contributed by atoms with E-state index in [2.05, 4.69) is 0 Å². The summed E-state index contributed by atoms with van der Waals surface area (Å²) in [6.45, 7) is 1.75. The van der Waals surface area contributed by atoms with Crippen LogP contribution in [0.15, 0.2) is 24.3 Å². The van der Waals surface area contributed by atoms with E-state index in [1.54, 1.807) is 13.0 Å². The Hall–Kier alpha value is -1.24. The standard InChI is InChI=1S/C12H13F6N/c1-2-7-4-3-5-8(6-7)9(19)10(11(13,14)15)12(16,17)18/h3-6,9-10H,2,19H2,1H3. The normalized spacial score (nSPS) is 14.8. The van der Waals surface area contributed by atoms with Gasteiger partial charge in [-0.25, -0.2) is 0 Å². The topological polar surface area (TPSA) is 26.0 Å². The summed E-state index contributed by atoms with van der Waals surface area (Å²) >= 11 is 0. The summed E-state index contributed by atoms with van der Waals surface area (Å²) in [5.74, 6) is -3.56. The fraction of sp³-hybridized carbons (Fsp3) is 0.500. The molecule has 1 rings (SSSR count). The minimum Gasteiger partial charge on any atom is -0.323 e. The second-order valence-corrected chi connectivity index (χ2v) is 4.19. The highest BCUT2D eigenvalue weighted by Crippen LogP contribution is 2.45. The maximum atomic E-state index is 12.5. The molecule has 0 aliphatic carbocycles. The van der Waals surface area contributed by atoms with Crippen LogP contribution in [-0.4, -0.2) is 12.4 Å². The van der Waals surface area contributed by atoms with Crippen molar-refractivity contribution >= 4 is 0 Å². The molecule has 0 bridgehead atoms. The van der Waals surface area contributed by atoms with Gasteiger partial charge in [-0.1, -0.05) is 31.2 Å². The number of alkyl halides is 6. The Balaban J connectivity index is 3.16. The molecule has 0 radical (unpaired) electrons. The first-order chi connectivity index (χ1) is 8.57. The largest absolute Gasteiger partial charge is 0.402 e. The third kappa shape index (κ3) is 3.86. The Morgan fingerprint density at radius 1 is 1.05 bits per heavy atom. The van der Waals surface area contributed by atoms with Crippen LogP contribution >= 0.6 is 0 Å². The van der Waals surface area contributed by atoms with Gasteiger partial charge in [-0.3, -0.25) is 0 Å². The number of benzene rings is 1. The first-order valence-corrected chi connectivity index (χ1v) is 5.55. The van der Waals surface area contributed by atoms with E-state index in [9.17, 15) is 26.3 Å². The monoisotopic (exact) mass is 285 g/mol. The van der Waals surface area contributed by atoms with Crippen LogP contribution in [0.2, 0.25) is 0 Å². The summed E-state index contributed by atoms with van der Waals surface area (Å²) in [7, 11) is 0. The summed E-state index contributed by atoms with van der Waals surface area (Å²) in [5, 5.41) is 0. The molecule has 1 nitrogen and oxygen atoms in total. The molecule has 0 fully saturated rings. The average Bonchev–Trinajstić information content (AvgIpc) is 2.25. The number of halogens is 6. The first kappa shape index (κ1) is 15.8. The molecule has 0 saturated heterocycles. The van der Waals surface area contributed by atoms with Crippen molar-refractivity contribution in [2.24, 2.45) is 11.7 Å². The molecular formula is C12H13F6N. The number of rotatable bonds is 3. The number of hydrogen-bond acceptors (Lipinski definition) is 1. The molecule has 0 spiro atoms. The van der Waals surface area contributed by atoms with Crippen molar-refractivity contribution in [3.05, 3.63) is 35.4 Å².